The van der Waals surface area contributed by atoms with Crippen LogP contribution < -0.4 is 20.7 Å². The van der Waals surface area contributed by atoms with Gasteiger partial charge in [-0.05, 0) is 55.5 Å². The van der Waals surface area contributed by atoms with Gasteiger partial charge >= 0.3 is 0 Å². The van der Waals surface area contributed by atoms with Gasteiger partial charge in [-0.25, -0.2) is 15.0 Å². The minimum atomic E-state index is 0.491. The fourth-order valence-corrected chi connectivity index (χ4v) is 3.21. The normalized spacial score (nSPS) is 12.7. The molecule has 1 aliphatic rings. The second-order valence-corrected chi connectivity index (χ2v) is 7.10. The lowest BCUT2D eigenvalue weighted by Crippen LogP contribution is -2.34. The minimum Gasteiger partial charge on any atom is -0.377 e. The van der Waals surface area contributed by atoms with Crippen molar-refractivity contribution in [3.8, 4) is 17.3 Å². The van der Waals surface area contributed by atoms with Crippen molar-refractivity contribution in [1.29, 1.82) is 5.26 Å². The summed E-state index contributed by atoms with van der Waals surface area (Å²) in [6.45, 7) is 2.54. The van der Waals surface area contributed by atoms with E-state index in [1.807, 2.05) is 79.5 Å². The molecule has 0 bridgehead atoms. The van der Waals surface area contributed by atoms with E-state index in [2.05, 4.69) is 31.8 Å². The zero-order valence-electron chi connectivity index (χ0n) is 17.1. The van der Waals surface area contributed by atoms with Gasteiger partial charge in [-0.3, -0.25) is 10.4 Å². The fraction of sp³-hybridized carbons (Fsp3) is 0.182. The van der Waals surface area contributed by atoms with Crippen molar-refractivity contribution in [2.75, 3.05) is 36.0 Å². The summed E-state index contributed by atoms with van der Waals surface area (Å²) in [5.41, 5.74) is 8.32. The van der Waals surface area contributed by atoms with Crippen LogP contribution in [0.25, 0.3) is 11.3 Å². The van der Waals surface area contributed by atoms with E-state index in [4.69, 9.17) is 0 Å². The van der Waals surface area contributed by atoms with Crippen LogP contribution in [0, 0.1) is 11.3 Å². The zero-order valence-corrected chi connectivity index (χ0v) is 17.1. The van der Waals surface area contributed by atoms with Gasteiger partial charge in [0.05, 0.1) is 23.0 Å². The topological polar surface area (TPSA) is 92.5 Å². The number of anilines is 4. The molecule has 0 spiro atoms. The van der Waals surface area contributed by atoms with Gasteiger partial charge in [0.15, 0.2) is 0 Å². The number of nitrogens with one attached hydrogen (secondary N) is 2. The molecule has 0 saturated heterocycles. The first-order chi connectivity index (χ1) is 14.5. The molecule has 0 fully saturated rings. The first-order valence-corrected chi connectivity index (χ1v) is 9.51. The molecule has 0 aliphatic carbocycles. The standard InChI is InChI=1S/C22H22N8/c1-15-25-14-30(28-15)18-7-5-17(6-8-18)26-22-24-11-10-20(27-22)19-12-16(13-23)4-9-21(19)29(2)3/h4-12H,14H2,1-3H3,(H,25,28)(H,24,26,27). The maximum absolute atomic E-state index is 9.28. The summed E-state index contributed by atoms with van der Waals surface area (Å²) in [5, 5.41) is 14.5. The van der Waals surface area contributed by atoms with Crippen LogP contribution in [0.15, 0.2) is 59.7 Å². The number of nitrogens with zero attached hydrogens (tertiary/aromatic N) is 6. The van der Waals surface area contributed by atoms with Crippen molar-refractivity contribution in [2.45, 2.75) is 6.92 Å². The quantitative estimate of drug-likeness (QED) is 0.679. The second kappa shape index (κ2) is 8.09. The van der Waals surface area contributed by atoms with E-state index in [1.54, 1.807) is 6.20 Å². The Bertz CT molecular complexity index is 1130. The highest BCUT2D eigenvalue weighted by Gasteiger charge is 2.13. The maximum Gasteiger partial charge on any atom is 0.227 e. The molecule has 2 heterocycles. The Balaban J connectivity index is 1.57. The lowest BCUT2D eigenvalue weighted by Gasteiger charge is -2.18. The van der Waals surface area contributed by atoms with Crippen LogP contribution in [0.4, 0.5) is 23.0 Å². The zero-order chi connectivity index (χ0) is 21.1. The van der Waals surface area contributed by atoms with Gasteiger partial charge in [0, 0.05) is 37.2 Å². The average molecular weight is 398 g/mol. The Morgan fingerprint density at radius 2 is 1.93 bits per heavy atom. The molecule has 4 rings (SSSR count). The van der Waals surface area contributed by atoms with E-state index in [1.165, 1.54) is 0 Å². The molecule has 0 atom stereocenters. The van der Waals surface area contributed by atoms with Gasteiger partial charge in [-0.1, -0.05) is 0 Å². The predicted octanol–water partition coefficient (Wildman–Crippen LogP) is 3.53. The molecule has 1 aromatic heterocycles. The summed E-state index contributed by atoms with van der Waals surface area (Å²) < 4.78 is 0. The van der Waals surface area contributed by atoms with Crippen LogP contribution in [-0.2, 0) is 0 Å². The molecule has 0 amide bonds. The Morgan fingerprint density at radius 3 is 2.60 bits per heavy atom. The van der Waals surface area contributed by atoms with E-state index in [0.717, 1.165) is 34.2 Å². The number of benzene rings is 2. The molecule has 1 aliphatic heterocycles. The molecular weight excluding hydrogens is 376 g/mol. The maximum atomic E-state index is 9.28. The van der Waals surface area contributed by atoms with Gasteiger partial charge < -0.3 is 10.2 Å². The van der Waals surface area contributed by atoms with Crippen LogP contribution in [0.2, 0.25) is 0 Å². The number of hydrazine groups is 1. The third-order valence-corrected chi connectivity index (χ3v) is 4.72. The number of amidine groups is 1. The number of aromatic nitrogens is 2. The molecule has 3 aromatic rings. The molecule has 8 nitrogen and oxygen atoms in total. The second-order valence-electron chi connectivity index (χ2n) is 7.10. The summed E-state index contributed by atoms with van der Waals surface area (Å²) in [5.74, 6) is 1.39. The summed E-state index contributed by atoms with van der Waals surface area (Å²) >= 11 is 0. The van der Waals surface area contributed by atoms with E-state index < -0.39 is 0 Å². The highest BCUT2D eigenvalue weighted by Crippen LogP contribution is 2.30. The summed E-state index contributed by atoms with van der Waals surface area (Å²) in [7, 11) is 3.93. The van der Waals surface area contributed by atoms with Crippen molar-refractivity contribution in [3.05, 3.63) is 60.3 Å². The van der Waals surface area contributed by atoms with Crippen LogP contribution >= 0.6 is 0 Å². The fourth-order valence-electron chi connectivity index (χ4n) is 3.21. The van der Waals surface area contributed by atoms with Crippen LogP contribution in [0.1, 0.15) is 12.5 Å². The van der Waals surface area contributed by atoms with Crippen LogP contribution in [-0.4, -0.2) is 36.6 Å². The smallest absolute Gasteiger partial charge is 0.227 e. The van der Waals surface area contributed by atoms with Gasteiger partial charge in [-0.15, -0.1) is 0 Å². The number of hydrogen-bond donors (Lipinski definition) is 2. The Hall–Kier alpha value is -4.12. The van der Waals surface area contributed by atoms with E-state index in [-0.39, 0.29) is 0 Å². The van der Waals surface area contributed by atoms with Gasteiger partial charge in [0.2, 0.25) is 5.95 Å². The number of nitriles is 1. The molecule has 2 aromatic carbocycles. The van der Waals surface area contributed by atoms with Crippen molar-refractivity contribution in [2.24, 2.45) is 4.99 Å². The molecule has 0 radical (unpaired) electrons. The molecule has 8 heteroatoms. The first kappa shape index (κ1) is 19.2. The molecule has 2 N–H and O–H groups in total. The first-order valence-electron chi connectivity index (χ1n) is 9.51. The Kier molecular flexibility index (Phi) is 5.18. The molecule has 0 saturated carbocycles. The summed E-state index contributed by atoms with van der Waals surface area (Å²) in [4.78, 5) is 15.3. The SMILES string of the molecule is CC1=NCN(c2ccc(Nc3nccc(-c4cc(C#N)ccc4N(C)C)n3)cc2)N1. The number of rotatable bonds is 5. The monoisotopic (exact) mass is 398 g/mol. The molecular formula is C22H22N8. The Morgan fingerprint density at radius 1 is 1.13 bits per heavy atom. The minimum absolute atomic E-state index is 0.491. The number of hydrogen-bond acceptors (Lipinski definition) is 8. The number of aliphatic imine (C=N–C) groups is 1. The van der Waals surface area contributed by atoms with Gasteiger partial charge in [0.25, 0.3) is 0 Å². The van der Waals surface area contributed by atoms with Crippen molar-refractivity contribution >= 4 is 28.8 Å². The van der Waals surface area contributed by atoms with Gasteiger partial charge in [-0.2, -0.15) is 5.26 Å². The van der Waals surface area contributed by atoms with E-state index in [0.29, 0.717) is 18.2 Å². The van der Waals surface area contributed by atoms with E-state index in [9.17, 15) is 5.26 Å². The third-order valence-electron chi connectivity index (χ3n) is 4.72. The lowest BCUT2D eigenvalue weighted by atomic mass is 10.1. The Labute approximate surface area is 175 Å². The molecule has 30 heavy (non-hydrogen) atoms. The van der Waals surface area contributed by atoms with Crippen LogP contribution in [0.5, 0.6) is 0 Å². The molecule has 0 unspecified atom stereocenters. The third kappa shape index (κ3) is 4.00. The summed E-state index contributed by atoms with van der Waals surface area (Å²) in [6, 6.07) is 17.6. The van der Waals surface area contributed by atoms with Gasteiger partial charge in [0.1, 0.15) is 12.5 Å². The summed E-state index contributed by atoms with van der Waals surface area (Å²) in [6.07, 6.45) is 1.71. The molecule has 150 valence electrons. The predicted molar refractivity (Wildman–Crippen MR) is 120 cm³/mol. The lowest BCUT2D eigenvalue weighted by molar-refractivity contribution is 0.840. The van der Waals surface area contributed by atoms with Crippen molar-refractivity contribution in [1.82, 2.24) is 15.4 Å². The van der Waals surface area contributed by atoms with Crippen LogP contribution in [0.3, 0.4) is 0 Å². The largest absolute Gasteiger partial charge is 0.377 e. The van der Waals surface area contributed by atoms with Crippen molar-refractivity contribution < 1.29 is 0 Å². The average Bonchev–Trinajstić information content (AvgIpc) is 3.20. The van der Waals surface area contributed by atoms with Crippen molar-refractivity contribution in [3.63, 3.8) is 0 Å². The highest BCUT2D eigenvalue weighted by molar-refractivity contribution is 5.83. The highest BCUT2D eigenvalue weighted by atomic mass is 15.6. The van der Waals surface area contributed by atoms with E-state index >= 15 is 0 Å².